The maximum absolute atomic E-state index is 4.73. The molecule has 22 heavy (non-hydrogen) atoms. The number of rotatable bonds is 1. The zero-order valence-electron chi connectivity index (χ0n) is 15.1. The van der Waals surface area contributed by atoms with Crippen LogP contribution in [0.25, 0.3) is 17.3 Å². The highest BCUT2D eigenvalue weighted by atomic mass is 14.7. The van der Waals surface area contributed by atoms with Crippen molar-refractivity contribution >= 4 is 6.08 Å². The lowest BCUT2D eigenvalue weighted by atomic mass is 10.0. The summed E-state index contributed by atoms with van der Waals surface area (Å²) in [6.07, 6.45) is 6.55. The van der Waals surface area contributed by atoms with Gasteiger partial charge in [-0.15, -0.1) is 0 Å². The van der Waals surface area contributed by atoms with Crippen molar-refractivity contribution in [3.05, 3.63) is 59.8 Å². The Bertz CT molecular complexity index is 527. The number of aromatic nitrogens is 1. The number of nitrogens with zero attached hydrogens (tertiary/aromatic N) is 1. The van der Waals surface area contributed by atoms with Crippen LogP contribution in [0.1, 0.15) is 59.2 Å². The average molecular weight is 297 g/mol. The van der Waals surface area contributed by atoms with Crippen molar-refractivity contribution in [2.24, 2.45) is 0 Å². The Morgan fingerprint density at radius 2 is 1.41 bits per heavy atom. The third kappa shape index (κ3) is 5.85. The third-order valence-electron chi connectivity index (χ3n) is 2.92. The van der Waals surface area contributed by atoms with Gasteiger partial charge in [-0.3, -0.25) is 4.98 Å². The molecule has 0 N–H and O–H groups in total. The highest BCUT2D eigenvalue weighted by Crippen LogP contribution is 2.22. The van der Waals surface area contributed by atoms with Crippen LogP contribution in [0.5, 0.6) is 0 Å². The van der Waals surface area contributed by atoms with E-state index in [4.69, 9.17) is 4.98 Å². The minimum atomic E-state index is 1.06. The molecule has 1 nitrogen and oxygen atoms in total. The first kappa shape index (κ1) is 20.1. The fourth-order valence-electron chi connectivity index (χ4n) is 2.06. The number of allylic oxidation sites excluding steroid dienone is 1. The molecule has 2 aromatic rings. The smallest absolute Gasteiger partial charge is 0.0705 e. The molecule has 0 saturated heterocycles. The highest BCUT2D eigenvalue weighted by molar-refractivity contribution is 5.63. The van der Waals surface area contributed by atoms with Crippen LogP contribution in [-0.4, -0.2) is 4.98 Å². The molecule has 0 radical (unpaired) electrons. The van der Waals surface area contributed by atoms with Crippen molar-refractivity contribution in [2.45, 2.75) is 54.4 Å². The maximum Gasteiger partial charge on any atom is 0.0705 e. The first-order chi connectivity index (χ1) is 10.9. The van der Waals surface area contributed by atoms with Gasteiger partial charge in [0.15, 0.2) is 0 Å². The quantitative estimate of drug-likeness (QED) is 0.565. The Kier molecular flexibility index (Phi) is 11.7. The van der Waals surface area contributed by atoms with Gasteiger partial charge >= 0.3 is 0 Å². The van der Waals surface area contributed by atoms with Gasteiger partial charge in [0.2, 0.25) is 0 Å². The van der Waals surface area contributed by atoms with Gasteiger partial charge in [-0.05, 0) is 24.5 Å². The molecule has 0 fully saturated rings. The van der Waals surface area contributed by atoms with E-state index in [-0.39, 0.29) is 0 Å². The monoisotopic (exact) mass is 297 g/mol. The summed E-state index contributed by atoms with van der Waals surface area (Å²) < 4.78 is 0. The second-order valence-electron chi connectivity index (χ2n) is 4.04. The summed E-state index contributed by atoms with van der Waals surface area (Å²) in [5.74, 6) is 0. The van der Waals surface area contributed by atoms with Crippen LogP contribution < -0.4 is 0 Å². The zero-order valence-corrected chi connectivity index (χ0v) is 15.1. The topological polar surface area (TPSA) is 12.9 Å². The second-order valence-corrected chi connectivity index (χ2v) is 4.04. The molecule has 0 saturated carbocycles. The number of fused-ring (bicyclic) bond motifs is 1. The van der Waals surface area contributed by atoms with E-state index >= 15 is 0 Å². The van der Waals surface area contributed by atoms with Crippen LogP contribution >= 0.6 is 0 Å². The van der Waals surface area contributed by atoms with Crippen molar-refractivity contribution in [1.29, 1.82) is 0 Å². The average Bonchev–Trinajstić information content (AvgIpc) is 2.67. The van der Waals surface area contributed by atoms with E-state index in [1.165, 1.54) is 16.8 Å². The summed E-state index contributed by atoms with van der Waals surface area (Å²) in [5.41, 5.74) is 4.77. The van der Waals surface area contributed by atoms with Crippen molar-refractivity contribution in [2.75, 3.05) is 0 Å². The summed E-state index contributed by atoms with van der Waals surface area (Å²) >= 11 is 0. The van der Waals surface area contributed by atoms with Crippen molar-refractivity contribution in [1.82, 2.24) is 4.98 Å². The first-order valence-electron chi connectivity index (χ1n) is 8.65. The first-order valence-corrected chi connectivity index (χ1v) is 8.65. The number of hydrogen-bond acceptors (Lipinski definition) is 1. The fourth-order valence-corrected chi connectivity index (χ4v) is 2.06. The SMILES string of the molecule is C1=Cc2ccc(-c3ccccc3)nc2CC1.CC.CC.CC. The molecule has 0 aliphatic heterocycles. The number of hydrogen-bond donors (Lipinski definition) is 0. The summed E-state index contributed by atoms with van der Waals surface area (Å²) in [6, 6.07) is 14.6. The van der Waals surface area contributed by atoms with Crippen LogP contribution in [-0.2, 0) is 6.42 Å². The molecule has 1 aliphatic rings. The van der Waals surface area contributed by atoms with E-state index in [0.717, 1.165) is 18.5 Å². The molecular formula is C21H31N. The fraction of sp³-hybridized carbons (Fsp3) is 0.381. The largest absolute Gasteiger partial charge is 0.252 e. The lowest BCUT2D eigenvalue weighted by Crippen LogP contribution is -1.98. The number of pyridine rings is 1. The van der Waals surface area contributed by atoms with E-state index in [1.807, 2.05) is 47.6 Å². The molecule has 0 unspecified atom stereocenters. The van der Waals surface area contributed by atoms with Crippen molar-refractivity contribution in [3.8, 4) is 11.3 Å². The van der Waals surface area contributed by atoms with Gasteiger partial charge in [0.05, 0.1) is 5.69 Å². The standard InChI is InChI=1S/C15H13N.3C2H6/c1-2-6-12(7-3-1)15-11-10-13-8-4-5-9-14(13)16-15;3*1-2/h1-4,6-8,10-11H,5,9H2;3*1-2H3. The van der Waals surface area contributed by atoms with Gasteiger partial charge in [-0.25, -0.2) is 0 Å². The van der Waals surface area contributed by atoms with Gasteiger partial charge in [-0.2, -0.15) is 0 Å². The molecule has 1 aromatic heterocycles. The minimum absolute atomic E-state index is 1.06. The van der Waals surface area contributed by atoms with Gasteiger partial charge in [0, 0.05) is 11.3 Å². The highest BCUT2D eigenvalue weighted by Gasteiger charge is 2.07. The predicted molar refractivity (Wildman–Crippen MR) is 101 cm³/mol. The van der Waals surface area contributed by atoms with Gasteiger partial charge in [0.25, 0.3) is 0 Å². The Morgan fingerprint density at radius 3 is 2.05 bits per heavy atom. The molecule has 1 heterocycles. The zero-order chi connectivity index (χ0) is 16.8. The molecule has 3 rings (SSSR count). The molecular weight excluding hydrogens is 266 g/mol. The van der Waals surface area contributed by atoms with E-state index in [9.17, 15) is 0 Å². The van der Waals surface area contributed by atoms with Gasteiger partial charge in [0.1, 0.15) is 0 Å². The van der Waals surface area contributed by atoms with E-state index in [1.54, 1.807) is 0 Å². The molecule has 0 spiro atoms. The maximum atomic E-state index is 4.73. The summed E-state index contributed by atoms with van der Waals surface area (Å²) in [4.78, 5) is 4.73. The lowest BCUT2D eigenvalue weighted by molar-refractivity contribution is 0.929. The third-order valence-corrected chi connectivity index (χ3v) is 2.92. The van der Waals surface area contributed by atoms with Gasteiger partial charge < -0.3 is 0 Å². The van der Waals surface area contributed by atoms with Crippen molar-refractivity contribution in [3.63, 3.8) is 0 Å². The van der Waals surface area contributed by atoms with Crippen LogP contribution in [0.3, 0.4) is 0 Å². The number of aryl methyl sites for hydroxylation is 1. The minimum Gasteiger partial charge on any atom is -0.252 e. The summed E-state index contributed by atoms with van der Waals surface area (Å²) in [6.45, 7) is 12.0. The van der Waals surface area contributed by atoms with Crippen LogP contribution in [0.4, 0.5) is 0 Å². The van der Waals surface area contributed by atoms with Gasteiger partial charge in [-0.1, -0.05) is 90.1 Å². The normalized spacial score (nSPS) is 10.6. The second kappa shape index (κ2) is 12.8. The van der Waals surface area contributed by atoms with Crippen LogP contribution in [0, 0.1) is 0 Å². The predicted octanol–water partition coefficient (Wildman–Crippen LogP) is 6.79. The Labute approximate surface area is 137 Å². The van der Waals surface area contributed by atoms with Crippen LogP contribution in [0.2, 0.25) is 0 Å². The summed E-state index contributed by atoms with van der Waals surface area (Å²) in [5, 5.41) is 0. The van der Waals surface area contributed by atoms with Crippen molar-refractivity contribution < 1.29 is 0 Å². The van der Waals surface area contributed by atoms with E-state index < -0.39 is 0 Å². The molecule has 0 amide bonds. The van der Waals surface area contributed by atoms with E-state index in [2.05, 4.69) is 48.6 Å². The van der Waals surface area contributed by atoms with Crippen LogP contribution in [0.15, 0.2) is 48.5 Å². The molecule has 0 atom stereocenters. The lowest BCUT2D eigenvalue weighted by Gasteiger charge is -2.10. The van der Waals surface area contributed by atoms with E-state index in [0.29, 0.717) is 0 Å². The Hall–Kier alpha value is -1.89. The molecule has 1 aromatic carbocycles. The Balaban J connectivity index is 0.000000661. The summed E-state index contributed by atoms with van der Waals surface area (Å²) in [7, 11) is 0. The molecule has 1 aliphatic carbocycles. The number of benzene rings is 1. The molecule has 0 bridgehead atoms. The molecule has 1 heteroatoms. The Morgan fingerprint density at radius 1 is 0.773 bits per heavy atom. The molecule has 120 valence electrons.